The molecule has 0 atom stereocenters. The lowest BCUT2D eigenvalue weighted by molar-refractivity contribution is 0.214. The highest BCUT2D eigenvalue weighted by molar-refractivity contribution is 5.75. The van der Waals surface area contributed by atoms with Crippen LogP contribution in [0.1, 0.15) is 55.9 Å². The third kappa shape index (κ3) is 9.15. The maximum atomic E-state index is 6.03. The number of allylic oxidation sites excluding steroid dienone is 1. The van der Waals surface area contributed by atoms with Gasteiger partial charge in [-0.1, -0.05) is 36.6 Å². The Balaban J connectivity index is 1.56. The van der Waals surface area contributed by atoms with Crippen molar-refractivity contribution in [3.63, 3.8) is 0 Å². The molecule has 170 valence electrons. The first-order valence-electron chi connectivity index (χ1n) is 10.8. The van der Waals surface area contributed by atoms with E-state index >= 15 is 0 Å². The van der Waals surface area contributed by atoms with Crippen LogP contribution in [0.4, 0.5) is 0 Å². The van der Waals surface area contributed by atoms with Gasteiger partial charge in [0.1, 0.15) is 31.4 Å². The second-order valence-electron chi connectivity index (χ2n) is 7.22. The Morgan fingerprint density at radius 3 is 2.29 bits per heavy atom. The molecule has 0 unspecified atom stereocenters. The van der Waals surface area contributed by atoms with Gasteiger partial charge >= 0.3 is 0 Å². The average Bonchev–Trinajstić information content (AvgIpc) is 3.20. The van der Waals surface area contributed by atoms with Gasteiger partial charge in [-0.2, -0.15) is 0 Å². The first kappa shape index (κ1) is 24.3. The molecule has 1 heterocycles. The number of nitrogens with zero attached hydrogens (tertiary/aromatic N) is 2. The fraction of sp³-hybridized carbons (Fsp3) is 0.500. The van der Waals surface area contributed by atoms with E-state index in [9.17, 15) is 0 Å². The van der Waals surface area contributed by atoms with Crippen molar-refractivity contribution in [1.82, 2.24) is 5.16 Å². The Bertz CT molecular complexity index is 806. The van der Waals surface area contributed by atoms with E-state index in [4.69, 9.17) is 18.7 Å². The lowest BCUT2D eigenvalue weighted by Gasteiger charge is -2.14. The molecule has 0 aliphatic rings. The highest BCUT2D eigenvalue weighted by Gasteiger charge is 2.07. The third-order valence-electron chi connectivity index (χ3n) is 4.59. The van der Waals surface area contributed by atoms with Crippen LogP contribution >= 0.6 is 0 Å². The number of ether oxygens (including phenoxy) is 3. The van der Waals surface area contributed by atoms with Gasteiger partial charge in [0.15, 0.2) is 5.76 Å². The number of hydrogen-bond donors (Lipinski definition) is 0. The number of aryl methyl sites for hydroxylation is 2. The fourth-order valence-electron chi connectivity index (χ4n) is 3.05. The van der Waals surface area contributed by atoms with Crippen molar-refractivity contribution in [1.29, 1.82) is 0 Å². The molecule has 0 saturated carbocycles. The van der Waals surface area contributed by atoms with Crippen LogP contribution in [0.3, 0.4) is 0 Å². The zero-order valence-corrected chi connectivity index (χ0v) is 19.1. The number of unbranched alkanes of at least 4 members (excludes halogenated alkanes) is 4. The molecular formula is C24H34N2O5. The van der Waals surface area contributed by atoms with Gasteiger partial charge in [-0.05, 0) is 62.0 Å². The van der Waals surface area contributed by atoms with Crippen molar-refractivity contribution in [3.05, 3.63) is 47.2 Å². The van der Waals surface area contributed by atoms with Crippen LogP contribution in [-0.4, -0.2) is 38.3 Å². The zero-order chi connectivity index (χ0) is 22.3. The summed E-state index contributed by atoms with van der Waals surface area (Å²) in [7, 11) is 1.47. The van der Waals surface area contributed by atoms with Gasteiger partial charge in [-0.25, -0.2) is 0 Å². The molecule has 31 heavy (non-hydrogen) atoms. The predicted molar refractivity (Wildman–Crippen MR) is 121 cm³/mol. The van der Waals surface area contributed by atoms with Gasteiger partial charge in [0, 0.05) is 0 Å². The van der Waals surface area contributed by atoms with Crippen LogP contribution in [0.25, 0.3) is 0 Å². The van der Waals surface area contributed by atoms with E-state index in [1.54, 1.807) is 6.07 Å². The monoisotopic (exact) mass is 430 g/mol. The van der Waals surface area contributed by atoms with Gasteiger partial charge in [-0.15, -0.1) is 0 Å². The molecule has 1 aromatic heterocycles. The lowest BCUT2D eigenvalue weighted by atomic mass is 10.1. The summed E-state index contributed by atoms with van der Waals surface area (Å²) in [6, 6.07) is 5.76. The molecule has 0 bridgehead atoms. The number of oxime groups is 1. The minimum atomic E-state index is 0.468. The van der Waals surface area contributed by atoms with E-state index in [1.165, 1.54) is 13.3 Å². The van der Waals surface area contributed by atoms with Crippen molar-refractivity contribution in [2.24, 2.45) is 5.16 Å². The van der Waals surface area contributed by atoms with Crippen LogP contribution in [0.2, 0.25) is 0 Å². The summed E-state index contributed by atoms with van der Waals surface area (Å²) in [4.78, 5) is 4.59. The van der Waals surface area contributed by atoms with Gasteiger partial charge in [-0.3, -0.25) is 0 Å². The number of hydrogen-bond acceptors (Lipinski definition) is 7. The molecule has 0 N–H and O–H groups in total. The first-order valence-corrected chi connectivity index (χ1v) is 10.8. The van der Waals surface area contributed by atoms with Crippen molar-refractivity contribution in [2.75, 3.05) is 26.9 Å². The normalized spacial score (nSPS) is 11.4. The molecule has 0 fully saturated rings. The van der Waals surface area contributed by atoms with Crippen LogP contribution in [0.15, 0.2) is 40.0 Å². The highest BCUT2D eigenvalue weighted by Crippen LogP contribution is 2.28. The quantitative estimate of drug-likeness (QED) is 0.158. The van der Waals surface area contributed by atoms with Gasteiger partial charge < -0.3 is 23.6 Å². The molecule has 1 aromatic carbocycles. The average molecular weight is 431 g/mol. The highest BCUT2D eigenvalue weighted by atomic mass is 16.6. The summed E-state index contributed by atoms with van der Waals surface area (Å²) in [6.07, 6.45) is 10.8. The van der Waals surface area contributed by atoms with E-state index in [0.29, 0.717) is 24.9 Å². The predicted octanol–water partition coefficient (Wildman–Crippen LogP) is 5.63. The summed E-state index contributed by atoms with van der Waals surface area (Å²) >= 11 is 0. The SMILES string of the molecule is C/C=C/COc1cc(C)c(OCCCCCCCOc2cc(/C=N/OC)on2)c(C)c1. The summed E-state index contributed by atoms with van der Waals surface area (Å²) in [5.74, 6) is 2.81. The van der Waals surface area contributed by atoms with Crippen LogP contribution in [0.5, 0.6) is 17.4 Å². The zero-order valence-electron chi connectivity index (χ0n) is 19.1. The third-order valence-corrected chi connectivity index (χ3v) is 4.59. The number of rotatable bonds is 15. The molecule has 0 radical (unpaired) electrons. The lowest BCUT2D eigenvalue weighted by Crippen LogP contribution is -2.02. The number of benzene rings is 1. The molecular weight excluding hydrogens is 396 g/mol. The van der Waals surface area contributed by atoms with Crippen molar-refractivity contribution < 1.29 is 23.6 Å². The molecule has 0 spiro atoms. The van der Waals surface area contributed by atoms with Crippen molar-refractivity contribution in [3.8, 4) is 17.4 Å². The largest absolute Gasteiger partial charge is 0.493 e. The molecule has 7 nitrogen and oxygen atoms in total. The van der Waals surface area contributed by atoms with E-state index < -0.39 is 0 Å². The molecule has 0 aliphatic carbocycles. The molecule has 0 saturated heterocycles. The Labute approximate surface area is 185 Å². The molecule has 2 rings (SSSR count). The van der Waals surface area contributed by atoms with Gasteiger partial charge in [0.05, 0.1) is 19.3 Å². The van der Waals surface area contributed by atoms with Crippen LogP contribution in [0, 0.1) is 13.8 Å². The van der Waals surface area contributed by atoms with Gasteiger partial charge in [0.25, 0.3) is 5.88 Å². The minimum absolute atomic E-state index is 0.468. The van der Waals surface area contributed by atoms with Crippen LogP contribution in [-0.2, 0) is 4.84 Å². The number of aromatic nitrogens is 1. The molecule has 7 heteroatoms. The second-order valence-corrected chi connectivity index (χ2v) is 7.22. The van der Waals surface area contributed by atoms with E-state index in [0.717, 1.165) is 61.3 Å². The summed E-state index contributed by atoms with van der Waals surface area (Å²) < 4.78 is 22.4. The summed E-state index contributed by atoms with van der Waals surface area (Å²) in [6.45, 7) is 8.04. The fourth-order valence-corrected chi connectivity index (χ4v) is 3.05. The Morgan fingerprint density at radius 2 is 1.61 bits per heavy atom. The standard InChI is InChI=1S/C24H34N2O5/c1-5-6-12-28-21-15-19(2)24(20(3)16-21)30-14-11-9-7-8-10-13-29-23-17-22(31-26-23)18-25-27-4/h5-6,15-18H,7-14H2,1-4H3/b6-5+,25-18+. The Morgan fingerprint density at radius 1 is 0.935 bits per heavy atom. The summed E-state index contributed by atoms with van der Waals surface area (Å²) in [5, 5.41) is 7.44. The summed E-state index contributed by atoms with van der Waals surface area (Å²) in [5.41, 5.74) is 2.22. The molecule has 0 aliphatic heterocycles. The van der Waals surface area contributed by atoms with E-state index in [1.807, 2.05) is 31.2 Å². The molecule has 2 aromatic rings. The second kappa shape index (κ2) is 14.1. The molecule has 0 amide bonds. The maximum Gasteiger partial charge on any atom is 0.254 e. The van der Waals surface area contributed by atoms with E-state index in [2.05, 4.69) is 29.0 Å². The maximum absolute atomic E-state index is 6.03. The van der Waals surface area contributed by atoms with Crippen LogP contribution < -0.4 is 14.2 Å². The smallest absolute Gasteiger partial charge is 0.254 e. The Kier molecular flexibility index (Phi) is 11.1. The minimum Gasteiger partial charge on any atom is -0.493 e. The van der Waals surface area contributed by atoms with Gasteiger partial charge in [0.2, 0.25) is 0 Å². The van der Waals surface area contributed by atoms with Crippen molar-refractivity contribution >= 4 is 6.21 Å². The first-order chi connectivity index (χ1) is 15.1. The van der Waals surface area contributed by atoms with Crippen molar-refractivity contribution in [2.45, 2.75) is 52.9 Å². The topological polar surface area (TPSA) is 75.3 Å². The Hall–Kier alpha value is -2.96. The van der Waals surface area contributed by atoms with E-state index in [-0.39, 0.29) is 0 Å².